The van der Waals surface area contributed by atoms with E-state index in [1.165, 1.54) is 5.56 Å². The normalized spacial score (nSPS) is 19.8. The quantitative estimate of drug-likeness (QED) is 0.866. The summed E-state index contributed by atoms with van der Waals surface area (Å²) in [7, 11) is 3.75. The number of hydrogen-bond acceptors (Lipinski definition) is 4. The molecule has 3 rings (SSSR count). The van der Waals surface area contributed by atoms with Gasteiger partial charge in [0.2, 0.25) is 5.91 Å². The minimum absolute atomic E-state index is 0.0480. The molecule has 1 saturated heterocycles. The Kier molecular flexibility index (Phi) is 5.38. The predicted molar refractivity (Wildman–Crippen MR) is 96.6 cm³/mol. The lowest BCUT2D eigenvalue weighted by Gasteiger charge is -2.24. The van der Waals surface area contributed by atoms with Gasteiger partial charge in [-0.15, -0.1) is 0 Å². The molecular weight excluding hydrogens is 316 g/mol. The van der Waals surface area contributed by atoms with Gasteiger partial charge < -0.3 is 15.0 Å². The molecule has 0 saturated carbocycles. The molecule has 1 N–H and O–H groups in total. The van der Waals surface area contributed by atoms with Crippen LogP contribution < -0.4 is 10.1 Å². The molecule has 0 bridgehead atoms. The fourth-order valence-corrected chi connectivity index (χ4v) is 3.32. The minimum atomic E-state index is -0.0480. The molecule has 1 fully saturated rings. The van der Waals surface area contributed by atoms with Crippen molar-refractivity contribution in [1.29, 1.82) is 0 Å². The van der Waals surface area contributed by atoms with Crippen molar-refractivity contribution in [2.45, 2.75) is 12.8 Å². The third-order valence-electron chi connectivity index (χ3n) is 4.75. The largest absolute Gasteiger partial charge is 0.492 e. The molecular formula is C19H26N4O2. The first kappa shape index (κ1) is 17.5. The third kappa shape index (κ3) is 4.20. The first-order valence-corrected chi connectivity index (χ1v) is 8.68. The molecule has 1 amide bonds. The predicted octanol–water partition coefficient (Wildman–Crippen LogP) is 1.57. The zero-order valence-electron chi connectivity index (χ0n) is 15.1. The van der Waals surface area contributed by atoms with Crippen LogP contribution in [0.3, 0.4) is 0 Å². The summed E-state index contributed by atoms with van der Waals surface area (Å²) in [5.41, 5.74) is 2.29. The zero-order chi connectivity index (χ0) is 17.8. The molecule has 0 radical (unpaired) electrons. The highest BCUT2D eigenvalue weighted by atomic mass is 16.5. The summed E-state index contributed by atoms with van der Waals surface area (Å²) in [6.07, 6.45) is 3.86. The fraction of sp³-hybridized carbons (Fsp3) is 0.474. The second-order valence-corrected chi connectivity index (χ2v) is 6.74. The maximum Gasteiger partial charge on any atom is 0.227 e. The average Bonchev–Trinajstić information content (AvgIpc) is 3.22. The monoisotopic (exact) mass is 342 g/mol. The number of benzene rings is 1. The lowest BCUT2D eigenvalue weighted by atomic mass is 9.90. The Morgan fingerprint density at radius 3 is 3.00 bits per heavy atom. The highest BCUT2D eigenvalue weighted by Crippen LogP contribution is 2.29. The Morgan fingerprint density at radius 1 is 1.44 bits per heavy atom. The molecule has 134 valence electrons. The first-order valence-electron chi connectivity index (χ1n) is 8.68. The van der Waals surface area contributed by atoms with Gasteiger partial charge in [-0.2, -0.15) is 5.10 Å². The van der Waals surface area contributed by atoms with Crippen molar-refractivity contribution in [3.63, 3.8) is 0 Å². The van der Waals surface area contributed by atoms with E-state index in [0.29, 0.717) is 19.7 Å². The van der Waals surface area contributed by atoms with Crippen molar-refractivity contribution in [1.82, 2.24) is 20.0 Å². The number of likely N-dealkylation sites (N-methyl/N-ethyl adjacent to an activating group) is 1. The molecule has 2 aromatic rings. The number of aromatic nitrogens is 2. The van der Waals surface area contributed by atoms with Crippen LogP contribution in [-0.4, -0.2) is 53.9 Å². The molecule has 6 nitrogen and oxygen atoms in total. The highest BCUT2D eigenvalue weighted by Gasteiger charge is 2.36. The molecule has 2 heterocycles. The lowest BCUT2D eigenvalue weighted by molar-refractivity contribution is -0.134. The van der Waals surface area contributed by atoms with Gasteiger partial charge in [-0.05, 0) is 30.2 Å². The zero-order valence-corrected chi connectivity index (χ0v) is 15.1. The van der Waals surface area contributed by atoms with Crippen LogP contribution in [0.4, 0.5) is 0 Å². The number of amides is 1. The molecule has 0 aliphatic carbocycles. The van der Waals surface area contributed by atoms with Gasteiger partial charge in [0.25, 0.3) is 0 Å². The number of carbonyl (C=O) groups excluding carboxylic acids is 1. The SMILES string of the molecule is Cc1cccc(OCCN(C)C(=O)[C@H]2CNC[C@@H]2c2cnn(C)c2)c1. The molecule has 1 aromatic carbocycles. The number of ether oxygens (including phenoxy) is 1. The van der Waals surface area contributed by atoms with E-state index in [-0.39, 0.29) is 17.7 Å². The standard InChI is InChI=1S/C19H26N4O2/c1-14-5-4-6-16(9-14)25-8-7-22(2)19(24)18-12-20-11-17(18)15-10-21-23(3)13-15/h4-6,9-10,13,17-18,20H,7-8,11-12H2,1-3H3/t17-,18+/m1/s1. The number of carbonyl (C=O) groups is 1. The Bertz CT molecular complexity index is 728. The maximum absolute atomic E-state index is 12.8. The molecule has 6 heteroatoms. The van der Waals surface area contributed by atoms with Gasteiger partial charge in [0.1, 0.15) is 12.4 Å². The topological polar surface area (TPSA) is 59.4 Å². The van der Waals surface area contributed by atoms with E-state index in [2.05, 4.69) is 10.4 Å². The molecule has 0 unspecified atom stereocenters. The van der Waals surface area contributed by atoms with Crippen molar-refractivity contribution in [3.8, 4) is 5.75 Å². The van der Waals surface area contributed by atoms with Gasteiger partial charge in [0.05, 0.1) is 18.7 Å². The summed E-state index contributed by atoms with van der Waals surface area (Å²) in [6.45, 7) is 4.62. The molecule has 1 aliphatic rings. The van der Waals surface area contributed by atoms with E-state index < -0.39 is 0 Å². The number of nitrogens with one attached hydrogen (secondary N) is 1. The van der Waals surface area contributed by atoms with E-state index in [1.807, 2.05) is 57.7 Å². The van der Waals surface area contributed by atoms with Crippen molar-refractivity contribution in [2.75, 3.05) is 33.3 Å². The van der Waals surface area contributed by atoms with Crippen molar-refractivity contribution >= 4 is 5.91 Å². The van der Waals surface area contributed by atoms with Crippen LogP contribution in [0.25, 0.3) is 0 Å². The number of aryl methyl sites for hydroxylation is 2. The smallest absolute Gasteiger partial charge is 0.227 e. The summed E-state index contributed by atoms with van der Waals surface area (Å²) >= 11 is 0. The van der Waals surface area contributed by atoms with Gasteiger partial charge in [-0.1, -0.05) is 12.1 Å². The van der Waals surface area contributed by atoms with Crippen LogP contribution in [0.5, 0.6) is 5.75 Å². The fourth-order valence-electron chi connectivity index (χ4n) is 3.32. The average molecular weight is 342 g/mol. The molecule has 0 spiro atoms. The van der Waals surface area contributed by atoms with Crippen LogP contribution in [0, 0.1) is 12.8 Å². The number of rotatable bonds is 6. The summed E-state index contributed by atoms with van der Waals surface area (Å²) in [4.78, 5) is 14.6. The van der Waals surface area contributed by atoms with E-state index >= 15 is 0 Å². The van der Waals surface area contributed by atoms with Gasteiger partial charge >= 0.3 is 0 Å². The Hall–Kier alpha value is -2.34. The Balaban J connectivity index is 1.54. The molecule has 2 atom stereocenters. The highest BCUT2D eigenvalue weighted by molar-refractivity contribution is 5.80. The number of hydrogen-bond donors (Lipinski definition) is 1. The van der Waals surface area contributed by atoms with E-state index in [9.17, 15) is 4.79 Å². The van der Waals surface area contributed by atoms with Crippen molar-refractivity contribution in [3.05, 3.63) is 47.8 Å². The molecule has 25 heavy (non-hydrogen) atoms. The molecule has 1 aromatic heterocycles. The summed E-state index contributed by atoms with van der Waals surface area (Å²) < 4.78 is 7.55. The second-order valence-electron chi connectivity index (χ2n) is 6.74. The third-order valence-corrected chi connectivity index (χ3v) is 4.75. The van der Waals surface area contributed by atoms with Crippen LogP contribution in [0.15, 0.2) is 36.7 Å². The van der Waals surface area contributed by atoms with Crippen LogP contribution >= 0.6 is 0 Å². The van der Waals surface area contributed by atoms with Crippen LogP contribution in [0.2, 0.25) is 0 Å². The van der Waals surface area contributed by atoms with Gasteiger partial charge in [-0.3, -0.25) is 9.48 Å². The van der Waals surface area contributed by atoms with Gasteiger partial charge in [0.15, 0.2) is 0 Å². The van der Waals surface area contributed by atoms with E-state index in [0.717, 1.165) is 17.9 Å². The summed E-state index contributed by atoms with van der Waals surface area (Å²) in [5, 5.41) is 7.57. The minimum Gasteiger partial charge on any atom is -0.492 e. The van der Waals surface area contributed by atoms with Crippen molar-refractivity contribution in [2.24, 2.45) is 13.0 Å². The maximum atomic E-state index is 12.8. The van der Waals surface area contributed by atoms with E-state index in [1.54, 1.807) is 9.58 Å². The van der Waals surface area contributed by atoms with Crippen LogP contribution in [-0.2, 0) is 11.8 Å². The van der Waals surface area contributed by atoms with Gasteiger partial charge in [-0.25, -0.2) is 0 Å². The lowest BCUT2D eigenvalue weighted by Crippen LogP contribution is -2.38. The first-order chi connectivity index (χ1) is 12.0. The van der Waals surface area contributed by atoms with E-state index in [4.69, 9.17) is 4.74 Å². The summed E-state index contributed by atoms with van der Waals surface area (Å²) in [6, 6.07) is 7.95. The second kappa shape index (κ2) is 7.70. The number of nitrogens with zero attached hydrogens (tertiary/aromatic N) is 3. The Morgan fingerprint density at radius 2 is 2.28 bits per heavy atom. The van der Waals surface area contributed by atoms with Crippen molar-refractivity contribution < 1.29 is 9.53 Å². The Labute approximate surface area is 148 Å². The van der Waals surface area contributed by atoms with Gasteiger partial charge in [0, 0.05) is 39.3 Å². The summed E-state index contributed by atoms with van der Waals surface area (Å²) in [5.74, 6) is 1.14. The molecule has 1 aliphatic heterocycles. The van der Waals surface area contributed by atoms with Crippen LogP contribution in [0.1, 0.15) is 17.0 Å².